The van der Waals surface area contributed by atoms with Gasteiger partial charge in [0.15, 0.2) is 0 Å². The van der Waals surface area contributed by atoms with Gasteiger partial charge < -0.3 is 19.9 Å². The van der Waals surface area contributed by atoms with Gasteiger partial charge in [0.1, 0.15) is 17.2 Å². The quantitative estimate of drug-likeness (QED) is 0.487. The van der Waals surface area contributed by atoms with Crippen molar-refractivity contribution >= 4 is 0 Å². The van der Waals surface area contributed by atoms with E-state index >= 15 is 0 Å². The van der Waals surface area contributed by atoms with Crippen molar-refractivity contribution in [3.8, 4) is 17.2 Å². The zero-order valence-corrected chi connectivity index (χ0v) is 20.5. The third-order valence-electron chi connectivity index (χ3n) is 5.81. The van der Waals surface area contributed by atoms with Crippen LogP contribution in [0.15, 0.2) is 54.6 Å². The van der Waals surface area contributed by atoms with Crippen molar-refractivity contribution in [1.82, 2.24) is 0 Å². The van der Waals surface area contributed by atoms with Crippen LogP contribution in [-0.4, -0.2) is 28.4 Å². The zero-order valence-electron chi connectivity index (χ0n) is 20.5. The number of nitrogens with two attached hydrogens (primary N) is 1. The molecule has 2 N–H and O–H groups in total. The standard InChI is InChI=1S/C27H32O3.CH5N/c1-18-10-7-13-21(25(18)28-4)16-23(24-15-9-12-20(3)27(24)30-6)17-22-14-8-11-19(2)26(22)29-5;1-2/h7-15,23H,16-17H2,1-6H3;2H2,1H3. The van der Waals surface area contributed by atoms with Crippen LogP contribution in [-0.2, 0) is 12.8 Å². The molecular weight excluding hydrogens is 398 g/mol. The number of methoxy groups -OCH3 is 3. The van der Waals surface area contributed by atoms with E-state index in [1.807, 2.05) is 0 Å². The minimum atomic E-state index is 0.214. The van der Waals surface area contributed by atoms with Gasteiger partial charge in [-0.25, -0.2) is 0 Å². The van der Waals surface area contributed by atoms with Crippen LogP contribution in [0.4, 0.5) is 0 Å². The first-order valence-corrected chi connectivity index (χ1v) is 11.0. The van der Waals surface area contributed by atoms with Crippen molar-refractivity contribution < 1.29 is 14.2 Å². The predicted octanol–water partition coefficient (Wildman–Crippen LogP) is 5.78. The molecule has 0 heterocycles. The Morgan fingerprint density at radius 3 is 1.38 bits per heavy atom. The van der Waals surface area contributed by atoms with Gasteiger partial charge in [0.2, 0.25) is 0 Å². The van der Waals surface area contributed by atoms with Gasteiger partial charge >= 0.3 is 0 Å². The van der Waals surface area contributed by atoms with Crippen LogP contribution in [0, 0.1) is 20.8 Å². The Kier molecular flexibility index (Phi) is 9.61. The zero-order chi connectivity index (χ0) is 23.7. The Bertz CT molecular complexity index is 958. The maximum Gasteiger partial charge on any atom is 0.125 e. The number of rotatable bonds is 8. The lowest BCUT2D eigenvalue weighted by Gasteiger charge is -2.24. The van der Waals surface area contributed by atoms with Crippen LogP contribution in [0.5, 0.6) is 17.2 Å². The Morgan fingerprint density at radius 2 is 0.969 bits per heavy atom. The van der Waals surface area contributed by atoms with Crippen LogP contribution in [0.3, 0.4) is 0 Å². The predicted molar refractivity (Wildman–Crippen MR) is 133 cm³/mol. The molecule has 0 aliphatic carbocycles. The fourth-order valence-corrected chi connectivity index (χ4v) is 4.43. The lowest BCUT2D eigenvalue weighted by atomic mass is 9.84. The maximum atomic E-state index is 5.83. The maximum absolute atomic E-state index is 5.83. The summed E-state index contributed by atoms with van der Waals surface area (Å²) in [5, 5.41) is 0. The molecule has 3 aromatic rings. The summed E-state index contributed by atoms with van der Waals surface area (Å²) < 4.78 is 17.3. The Balaban J connectivity index is 0.00000176. The van der Waals surface area contributed by atoms with Crippen molar-refractivity contribution in [3.63, 3.8) is 0 Å². The van der Waals surface area contributed by atoms with Gasteiger partial charge in [-0.05, 0) is 80.0 Å². The molecule has 0 amide bonds. The van der Waals surface area contributed by atoms with Gasteiger partial charge in [0, 0.05) is 0 Å². The van der Waals surface area contributed by atoms with Gasteiger partial charge in [-0.2, -0.15) is 0 Å². The molecule has 172 valence electrons. The molecule has 0 aliphatic heterocycles. The van der Waals surface area contributed by atoms with Crippen LogP contribution < -0.4 is 19.9 Å². The summed E-state index contributed by atoms with van der Waals surface area (Å²) >= 11 is 0. The summed E-state index contributed by atoms with van der Waals surface area (Å²) in [6, 6.07) is 19.1. The second-order valence-electron chi connectivity index (χ2n) is 7.84. The molecule has 0 unspecified atom stereocenters. The average Bonchev–Trinajstić information content (AvgIpc) is 2.80. The third-order valence-corrected chi connectivity index (χ3v) is 5.81. The Labute approximate surface area is 193 Å². The molecule has 0 atom stereocenters. The van der Waals surface area contributed by atoms with E-state index in [9.17, 15) is 0 Å². The second kappa shape index (κ2) is 12.2. The van der Waals surface area contributed by atoms with E-state index in [-0.39, 0.29) is 5.92 Å². The molecule has 0 bridgehead atoms. The van der Waals surface area contributed by atoms with Gasteiger partial charge in [-0.3, -0.25) is 0 Å². The van der Waals surface area contributed by atoms with Crippen molar-refractivity contribution in [3.05, 3.63) is 88.0 Å². The Hall–Kier alpha value is -2.98. The normalized spacial score (nSPS) is 10.4. The van der Waals surface area contributed by atoms with E-state index in [0.717, 1.165) is 46.8 Å². The summed E-state index contributed by atoms with van der Waals surface area (Å²) in [6.45, 7) is 6.28. The fourth-order valence-electron chi connectivity index (χ4n) is 4.43. The monoisotopic (exact) mass is 435 g/mol. The number of para-hydroxylation sites is 3. The molecule has 0 fully saturated rings. The number of hydrogen-bond acceptors (Lipinski definition) is 4. The number of benzene rings is 3. The van der Waals surface area contributed by atoms with Crippen LogP contribution in [0.25, 0.3) is 0 Å². The first kappa shape index (κ1) is 25.3. The van der Waals surface area contributed by atoms with Gasteiger partial charge in [-0.1, -0.05) is 54.6 Å². The molecule has 0 aliphatic rings. The lowest BCUT2D eigenvalue weighted by Crippen LogP contribution is -2.11. The SMILES string of the molecule is CN.COc1c(C)cccc1CC(Cc1cccc(C)c1OC)c1cccc(C)c1OC. The summed E-state index contributed by atoms with van der Waals surface area (Å²) in [4.78, 5) is 0. The largest absolute Gasteiger partial charge is 0.496 e. The highest BCUT2D eigenvalue weighted by Crippen LogP contribution is 2.38. The highest BCUT2D eigenvalue weighted by molar-refractivity contribution is 5.48. The highest BCUT2D eigenvalue weighted by Gasteiger charge is 2.22. The van der Waals surface area contributed by atoms with E-state index in [0.29, 0.717) is 0 Å². The smallest absolute Gasteiger partial charge is 0.125 e. The summed E-state index contributed by atoms with van der Waals surface area (Å²) in [5.41, 5.74) is 11.6. The van der Waals surface area contributed by atoms with Gasteiger partial charge in [0.25, 0.3) is 0 Å². The van der Waals surface area contributed by atoms with Crippen molar-refractivity contribution in [1.29, 1.82) is 0 Å². The number of hydrogen-bond donors (Lipinski definition) is 1. The average molecular weight is 436 g/mol. The summed E-state index contributed by atoms with van der Waals surface area (Å²) in [7, 11) is 6.75. The van der Waals surface area contributed by atoms with E-state index < -0.39 is 0 Å². The van der Waals surface area contributed by atoms with Gasteiger partial charge in [0.05, 0.1) is 21.3 Å². The molecule has 32 heavy (non-hydrogen) atoms. The van der Waals surface area contributed by atoms with Crippen LogP contribution in [0.1, 0.15) is 39.3 Å². The van der Waals surface area contributed by atoms with E-state index in [1.54, 1.807) is 21.3 Å². The van der Waals surface area contributed by atoms with Crippen LogP contribution in [0.2, 0.25) is 0 Å². The molecule has 0 saturated heterocycles. The molecule has 0 aromatic heterocycles. The second-order valence-corrected chi connectivity index (χ2v) is 7.84. The minimum Gasteiger partial charge on any atom is -0.496 e. The van der Waals surface area contributed by atoms with Crippen molar-refractivity contribution in [2.75, 3.05) is 28.4 Å². The molecule has 4 heteroatoms. The van der Waals surface area contributed by atoms with Gasteiger partial charge in [-0.15, -0.1) is 0 Å². The molecular formula is C28H37NO3. The number of ether oxygens (including phenoxy) is 3. The number of aryl methyl sites for hydroxylation is 3. The molecule has 0 spiro atoms. The summed E-state index contributed by atoms with van der Waals surface area (Å²) in [6.07, 6.45) is 1.70. The summed E-state index contributed by atoms with van der Waals surface area (Å²) in [5.74, 6) is 3.10. The molecule has 0 saturated carbocycles. The lowest BCUT2D eigenvalue weighted by molar-refractivity contribution is 0.392. The first-order valence-electron chi connectivity index (χ1n) is 11.0. The van der Waals surface area contributed by atoms with Crippen molar-refractivity contribution in [2.24, 2.45) is 5.73 Å². The molecule has 0 radical (unpaired) electrons. The van der Waals surface area contributed by atoms with Crippen molar-refractivity contribution in [2.45, 2.75) is 39.5 Å². The molecule has 4 nitrogen and oxygen atoms in total. The minimum absolute atomic E-state index is 0.214. The molecule has 3 rings (SSSR count). The topological polar surface area (TPSA) is 53.7 Å². The molecule has 3 aromatic carbocycles. The van der Waals surface area contributed by atoms with E-state index in [1.165, 1.54) is 23.7 Å². The highest BCUT2D eigenvalue weighted by atomic mass is 16.5. The third kappa shape index (κ3) is 5.63. The van der Waals surface area contributed by atoms with E-state index in [4.69, 9.17) is 14.2 Å². The first-order chi connectivity index (χ1) is 15.5. The van der Waals surface area contributed by atoms with E-state index in [2.05, 4.69) is 81.1 Å². The fraction of sp³-hybridized carbons (Fsp3) is 0.357. The van der Waals surface area contributed by atoms with Crippen LogP contribution >= 0.6 is 0 Å². The Morgan fingerprint density at radius 1 is 0.594 bits per heavy atom.